The third kappa shape index (κ3) is 3.40. The Morgan fingerprint density at radius 1 is 1.43 bits per heavy atom. The summed E-state index contributed by atoms with van der Waals surface area (Å²) >= 11 is 1.44. The quantitative estimate of drug-likeness (QED) is 0.476. The van der Waals surface area contributed by atoms with Gasteiger partial charge >= 0.3 is 0 Å². The van der Waals surface area contributed by atoms with Crippen LogP contribution in [0.15, 0.2) is 33.9 Å². The molecule has 0 N–H and O–H groups in total. The molecule has 2 aromatic rings. The van der Waals surface area contributed by atoms with E-state index >= 15 is 0 Å². The number of nitro benzene ring substituents is 1. The summed E-state index contributed by atoms with van der Waals surface area (Å²) in [5.74, 6) is 1.06. The van der Waals surface area contributed by atoms with Crippen molar-refractivity contribution in [2.45, 2.75) is 24.2 Å². The number of nitrogens with zero attached hydrogens (tertiary/aromatic N) is 3. The monoisotopic (exact) mass is 307 g/mol. The fourth-order valence-electron chi connectivity index (χ4n) is 2.08. The van der Waals surface area contributed by atoms with E-state index in [9.17, 15) is 10.1 Å². The van der Waals surface area contributed by atoms with Gasteiger partial charge in [0.25, 0.3) is 10.9 Å². The molecule has 0 radical (unpaired) electrons. The predicted molar refractivity (Wildman–Crippen MR) is 76.1 cm³/mol. The Hall–Kier alpha value is -1.93. The second-order valence-corrected chi connectivity index (χ2v) is 5.60. The molecule has 1 aromatic heterocycles. The smallest absolute Gasteiger partial charge is 0.276 e. The highest BCUT2D eigenvalue weighted by Gasteiger charge is 2.18. The molecule has 1 saturated heterocycles. The Labute approximate surface area is 124 Å². The molecule has 21 heavy (non-hydrogen) atoms. The first-order valence-corrected chi connectivity index (χ1v) is 7.53. The van der Waals surface area contributed by atoms with Crippen molar-refractivity contribution in [2.24, 2.45) is 0 Å². The van der Waals surface area contributed by atoms with Gasteiger partial charge < -0.3 is 9.15 Å². The van der Waals surface area contributed by atoms with E-state index in [1.165, 1.54) is 23.9 Å². The summed E-state index contributed by atoms with van der Waals surface area (Å²) in [6, 6.07) is 6.14. The Morgan fingerprint density at radius 2 is 2.33 bits per heavy atom. The van der Waals surface area contributed by atoms with Gasteiger partial charge in [-0.05, 0) is 18.9 Å². The first-order valence-electron chi connectivity index (χ1n) is 6.55. The largest absolute Gasteiger partial charge is 0.411 e. The van der Waals surface area contributed by atoms with Crippen molar-refractivity contribution in [1.29, 1.82) is 0 Å². The van der Waals surface area contributed by atoms with Crippen LogP contribution in [0.5, 0.6) is 0 Å². The molecule has 0 aliphatic carbocycles. The Kier molecular flexibility index (Phi) is 4.16. The molecule has 0 saturated carbocycles. The molecule has 7 nitrogen and oxygen atoms in total. The fourth-order valence-corrected chi connectivity index (χ4v) is 2.91. The van der Waals surface area contributed by atoms with E-state index in [2.05, 4.69) is 10.2 Å². The van der Waals surface area contributed by atoms with E-state index < -0.39 is 4.92 Å². The van der Waals surface area contributed by atoms with E-state index in [4.69, 9.17) is 9.15 Å². The standard InChI is InChI=1S/C13H13N3O4S/c17-16(18)10-4-1-3-9(7-10)12-14-15-13(20-12)21-8-11-5-2-6-19-11/h1,3-4,7,11H,2,5-6,8H2/t11-/m1/s1. The second-order valence-electron chi connectivity index (χ2n) is 4.63. The maximum absolute atomic E-state index is 10.8. The maximum Gasteiger partial charge on any atom is 0.276 e. The van der Waals surface area contributed by atoms with Gasteiger partial charge in [-0.15, -0.1) is 10.2 Å². The van der Waals surface area contributed by atoms with Crippen LogP contribution in [0.25, 0.3) is 11.5 Å². The minimum atomic E-state index is -0.451. The zero-order valence-corrected chi connectivity index (χ0v) is 11.9. The van der Waals surface area contributed by atoms with Gasteiger partial charge in [-0.2, -0.15) is 0 Å². The zero-order valence-electron chi connectivity index (χ0n) is 11.1. The van der Waals surface area contributed by atoms with Crippen molar-refractivity contribution in [3.63, 3.8) is 0 Å². The Bertz CT molecular complexity index is 640. The maximum atomic E-state index is 10.8. The summed E-state index contributed by atoms with van der Waals surface area (Å²) < 4.78 is 11.0. The molecular weight excluding hydrogens is 294 g/mol. The van der Waals surface area contributed by atoms with E-state index in [1.54, 1.807) is 12.1 Å². The van der Waals surface area contributed by atoms with E-state index in [1.807, 2.05) is 0 Å². The molecule has 0 bridgehead atoms. The van der Waals surface area contributed by atoms with Gasteiger partial charge in [0.1, 0.15) is 0 Å². The molecule has 1 fully saturated rings. The molecule has 1 atom stereocenters. The molecule has 1 aliphatic heterocycles. The van der Waals surface area contributed by atoms with Crippen LogP contribution in [0, 0.1) is 10.1 Å². The molecule has 0 spiro atoms. The average Bonchev–Trinajstić information content (AvgIpc) is 3.17. The highest BCUT2D eigenvalue weighted by Crippen LogP contribution is 2.27. The minimum Gasteiger partial charge on any atom is -0.411 e. The summed E-state index contributed by atoms with van der Waals surface area (Å²) in [6.45, 7) is 0.813. The summed E-state index contributed by atoms with van der Waals surface area (Å²) in [6.07, 6.45) is 2.38. The lowest BCUT2D eigenvalue weighted by Gasteiger charge is -2.05. The Morgan fingerprint density at radius 3 is 3.10 bits per heavy atom. The van der Waals surface area contributed by atoms with Crippen LogP contribution in [0.4, 0.5) is 5.69 Å². The van der Waals surface area contributed by atoms with Crippen LogP contribution in [0.3, 0.4) is 0 Å². The minimum absolute atomic E-state index is 0.000686. The first-order chi connectivity index (χ1) is 10.2. The van der Waals surface area contributed by atoms with E-state index in [-0.39, 0.29) is 17.7 Å². The van der Waals surface area contributed by atoms with Crippen LogP contribution in [-0.2, 0) is 4.74 Å². The molecule has 1 aliphatic rings. The lowest BCUT2D eigenvalue weighted by molar-refractivity contribution is -0.384. The average molecular weight is 307 g/mol. The normalized spacial score (nSPS) is 18.0. The number of hydrogen-bond acceptors (Lipinski definition) is 7. The lowest BCUT2D eigenvalue weighted by Crippen LogP contribution is -2.07. The van der Waals surface area contributed by atoms with Crippen LogP contribution in [-0.4, -0.2) is 33.6 Å². The first kappa shape index (κ1) is 14.0. The molecule has 8 heteroatoms. The van der Waals surface area contributed by atoms with Gasteiger partial charge in [0, 0.05) is 30.1 Å². The molecule has 0 amide bonds. The molecule has 3 rings (SSSR count). The summed E-state index contributed by atoms with van der Waals surface area (Å²) in [5.41, 5.74) is 0.542. The van der Waals surface area contributed by atoms with E-state index in [0.29, 0.717) is 10.8 Å². The molecule has 110 valence electrons. The van der Waals surface area contributed by atoms with E-state index in [0.717, 1.165) is 25.2 Å². The van der Waals surface area contributed by atoms with Gasteiger partial charge in [0.2, 0.25) is 5.89 Å². The van der Waals surface area contributed by atoms with Gasteiger partial charge in [-0.25, -0.2) is 0 Å². The number of ether oxygens (including phenoxy) is 1. The second kappa shape index (κ2) is 6.23. The third-order valence-electron chi connectivity index (χ3n) is 3.13. The van der Waals surface area contributed by atoms with Gasteiger partial charge in [0.15, 0.2) is 0 Å². The van der Waals surface area contributed by atoms with Crippen molar-refractivity contribution in [3.8, 4) is 11.5 Å². The fraction of sp³-hybridized carbons (Fsp3) is 0.385. The summed E-state index contributed by atoms with van der Waals surface area (Å²) in [4.78, 5) is 10.3. The van der Waals surface area contributed by atoms with Crippen LogP contribution in [0.1, 0.15) is 12.8 Å². The van der Waals surface area contributed by atoms with Crippen molar-refractivity contribution >= 4 is 17.4 Å². The van der Waals surface area contributed by atoms with Crippen LogP contribution >= 0.6 is 11.8 Å². The number of benzene rings is 1. The highest BCUT2D eigenvalue weighted by atomic mass is 32.2. The third-order valence-corrected chi connectivity index (χ3v) is 4.08. The number of hydrogen-bond donors (Lipinski definition) is 0. The number of rotatable bonds is 5. The predicted octanol–water partition coefficient (Wildman–Crippen LogP) is 2.92. The van der Waals surface area contributed by atoms with Crippen molar-refractivity contribution in [2.75, 3.05) is 12.4 Å². The topological polar surface area (TPSA) is 91.3 Å². The lowest BCUT2D eigenvalue weighted by atomic mass is 10.2. The number of non-ortho nitro benzene ring substituents is 1. The zero-order chi connectivity index (χ0) is 14.7. The SMILES string of the molecule is O=[N+]([O-])c1cccc(-c2nnc(SC[C@H]3CCCO3)o2)c1. The van der Waals surface area contributed by atoms with Crippen LogP contribution < -0.4 is 0 Å². The van der Waals surface area contributed by atoms with Crippen LogP contribution in [0.2, 0.25) is 0 Å². The summed E-state index contributed by atoms with van der Waals surface area (Å²) in [5, 5.41) is 19.1. The number of nitro groups is 1. The van der Waals surface area contributed by atoms with Gasteiger partial charge in [0.05, 0.1) is 11.0 Å². The number of aromatic nitrogens is 2. The highest BCUT2D eigenvalue weighted by molar-refractivity contribution is 7.99. The van der Waals surface area contributed by atoms with Crippen molar-refractivity contribution < 1.29 is 14.1 Å². The molecule has 2 heterocycles. The molecular formula is C13H13N3O4S. The Balaban J connectivity index is 1.69. The van der Waals surface area contributed by atoms with Gasteiger partial charge in [-0.1, -0.05) is 17.8 Å². The van der Waals surface area contributed by atoms with Crippen molar-refractivity contribution in [3.05, 3.63) is 34.4 Å². The number of thioether (sulfide) groups is 1. The van der Waals surface area contributed by atoms with Gasteiger partial charge in [-0.3, -0.25) is 10.1 Å². The summed E-state index contributed by atoms with van der Waals surface area (Å²) in [7, 11) is 0. The molecule has 0 unspecified atom stereocenters. The van der Waals surface area contributed by atoms with Crippen molar-refractivity contribution in [1.82, 2.24) is 10.2 Å². The molecule has 1 aromatic carbocycles.